The standard InChI is InChI=1S/C19H15BrN4S2/c20-17-9-8-16(26-17)13-25-19-23-22-18(15-7-4-10-21-11-15)24(19)12-14-5-2-1-3-6-14/h1-11H,12-13H2. The van der Waals surface area contributed by atoms with Gasteiger partial charge in [0.1, 0.15) is 0 Å². The first-order valence-corrected chi connectivity index (χ1v) is 10.6. The second-order valence-electron chi connectivity index (χ2n) is 5.61. The van der Waals surface area contributed by atoms with Crippen LogP contribution in [0.3, 0.4) is 0 Å². The van der Waals surface area contributed by atoms with Gasteiger partial charge in [-0.3, -0.25) is 9.55 Å². The van der Waals surface area contributed by atoms with Crippen molar-refractivity contribution in [2.24, 2.45) is 0 Å². The molecule has 0 unspecified atom stereocenters. The average Bonchev–Trinajstić information content (AvgIpc) is 3.28. The van der Waals surface area contributed by atoms with E-state index in [1.807, 2.05) is 24.4 Å². The molecule has 0 saturated carbocycles. The quantitative estimate of drug-likeness (QED) is 0.369. The van der Waals surface area contributed by atoms with E-state index in [0.717, 1.165) is 32.6 Å². The minimum Gasteiger partial charge on any atom is -0.297 e. The Kier molecular flexibility index (Phi) is 5.48. The molecule has 0 aliphatic carbocycles. The van der Waals surface area contributed by atoms with Crippen molar-refractivity contribution in [3.05, 3.63) is 81.2 Å². The molecule has 0 saturated heterocycles. The Balaban J connectivity index is 1.65. The first kappa shape index (κ1) is 17.5. The molecular weight excluding hydrogens is 428 g/mol. The maximum atomic E-state index is 4.45. The van der Waals surface area contributed by atoms with Crippen molar-refractivity contribution in [3.63, 3.8) is 0 Å². The van der Waals surface area contributed by atoms with Crippen LogP contribution < -0.4 is 0 Å². The Hall–Kier alpha value is -1.96. The third-order valence-corrected chi connectivity index (χ3v) is 6.61. The number of hydrogen-bond acceptors (Lipinski definition) is 5. The summed E-state index contributed by atoms with van der Waals surface area (Å²) in [7, 11) is 0. The lowest BCUT2D eigenvalue weighted by atomic mass is 10.2. The van der Waals surface area contributed by atoms with Crippen molar-refractivity contribution in [3.8, 4) is 11.4 Å². The fourth-order valence-electron chi connectivity index (χ4n) is 2.58. The normalized spacial score (nSPS) is 11.0. The van der Waals surface area contributed by atoms with Crippen LogP contribution in [0.5, 0.6) is 0 Å². The maximum absolute atomic E-state index is 4.45. The summed E-state index contributed by atoms with van der Waals surface area (Å²) >= 11 is 6.98. The van der Waals surface area contributed by atoms with E-state index in [1.54, 1.807) is 29.3 Å². The summed E-state index contributed by atoms with van der Waals surface area (Å²) in [6, 6.07) is 18.5. The number of halogens is 1. The van der Waals surface area contributed by atoms with Crippen LogP contribution in [-0.4, -0.2) is 19.7 Å². The zero-order valence-corrected chi connectivity index (χ0v) is 17.0. The SMILES string of the molecule is Brc1ccc(CSc2nnc(-c3cccnc3)n2Cc2ccccc2)s1. The lowest BCUT2D eigenvalue weighted by molar-refractivity contribution is 0.714. The van der Waals surface area contributed by atoms with Gasteiger partial charge in [-0.2, -0.15) is 0 Å². The average molecular weight is 443 g/mol. The van der Waals surface area contributed by atoms with Crippen molar-refractivity contribution < 1.29 is 0 Å². The summed E-state index contributed by atoms with van der Waals surface area (Å²) in [6.07, 6.45) is 3.60. The number of nitrogens with zero attached hydrogens (tertiary/aromatic N) is 4. The summed E-state index contributed by atoms with van der Waals surface area (Å²) in [4.78, 5) is 5.53. The van der Waals surface area contributed by atoms with E-state index < -0.39 is 0 Å². The Morgan fingerprint density at radius 3 is 2.62 bits per heavy atom. The highest BCUT2D eigenvalue weighted by Gasteiger charge is 2.15. The number of benzene rings is 1. The summed E-state index contributed by atoms with van der Waals surface area (Å²) in [5.41, 5.74) is 2.19. The predicted octanol–water partition coefficient (Wildman–Crippen LogP) is 5.50. The molecule has 0 fully saturated rings. The first-order chi connectivity index (χ1) is 12.8. The Morgan fingerprint density at radius 1 is 1.00 bits per heavy atom. The fraction of sp³-hybridized carbons (Fsp3) is 0.105. The summed E-state index contributed by atoms with van der Waals surface area (Å²) < 4.78 is 3.31. The van der Waals surface area contributed by atoms with Crippen molar-refractivity contribution in [1.29, 1.82) is 0 Å². The van der Waals surface area contributed by atoms with E-state index in [4.69, 9.17) is 0 Å². The smallest absolute Gasteiger partial charge is 0.192 e. The van der Waals surface area contributed by atoms with Crippen molar-refractivity contribution in [2.45, 2.75) is 17.5 Å². The van der Waals surface area contributed by atoms with Gasteiger partial charge in [0.25, 0.3) is 0 Å². The van der Waals surface area contributed by atoms with Crippen molar-refractivity contribution in [2.75, 3.05) is 0 Å². The molecular formula is C19H15BrN4S2. The van der Waals surface area contributed by atoms with E-state index >= 15 is 0 Å². The Labute approximate surface area is 168 Å². The largest absolute Gasteiger partial charge is 0.297 e. The number of hydrogen-bond donors (Lipinski definition) is 0. The van der Waals surface area contributed by atoms with Gasteiger partial charge in [-0.1, -0.05) is 42.1 Å². The number of thiophene rings is 1. The number of aromatic nitrogens is 4. The third kappa shape index (κ3) is 4.06. The number of thioether (sulfide) groups is 1. The van der Waals surface area contributed by atoms with Crippen molar-refractivity contribution >= 4 is 39.0 Å². The van der Waals surface area contributed by atoms with Crippen LogP contribution in [0.15, 0.2) is 75.9 Å². The zero-order chi connectivity index (χ0) is 17.8. The maximum Gasteiger partial charge on any atom is 0.192 e. The molecule has 0 amide bonds. The third-order valence-electron chi connectivity index (χ3n) is 3.79. The van der Waals surface area contributed by atoms with Crippen LogP contribution in [0.1, 0.15) is 10.4 Å². The number of pyridine rings is 1. The summed E-state index contributed by atoms with van der Waals surface area (Å²) in [5, 5.41) is 9.81. The van der Waals surface area contributed by atoms with Crippen LogP contribution in [0.25, 0.3) is 11.4 Å². The van der Waals surface area contributed by atoms with E-state index in [9.17, 15) is 0 Å². The molecule has 0 atom stereocenters. The molecule has 0 radical (unpaired) electrons. The molecule has 0 bridgehead atoms. The second-order valence-corrected chi connectivity index (χ2v) is 9.10. The van der Waals surface area contributed by atoms with E-state index in [-0.39, 0.29) is 0 Å². The monoisotopic (exact) mass is 442 g/mol. The molecule has 4 aromatic rings. The van der Waals surface area contributed by atoms with E-state index in [0.29, 0.717) is 0 Å². The highest BCUT2D eigenvalue weighted by Crippen LogP contribution is 2.30. The molecule has 130 valence electrons. The number of rotatable bonds is 6. The minimum atomic E-state index is 0.731. The van der Waals surface area contributed by atoms with Gasteiger partial charge in [0.2, 0.25) is 0 Å². The van der Waals surface area contributed by atoms with Gasteiger partial charge < -0.3 is 0 Å². The topological polar surface area (TPSA) is 43.6 Å². The van der Waals surface area contributed by atoms with Gasteiger partial charge in [0.15, 0.2) is 11.0 Å². The summed E-state index contributed by atoms with van der Waals surface area (Å²) in [6.45, 7) is 0.731. The van der Waals surface area contributed by atoms with Crippen LogP contribution in [0, 0.1) is 0 Å². The van der Waals surface area contributed by atoms with Crippen LogP contribution in [0.4, 0.5) is 0 Å². The fourth-order valence-corrected chi connectivity index (χ4v) is 5.04. The molecule has 0 aliphatic rings. The lowest BCUT2D eigenvalue weighted by Crippen LogP contribution is -2.04. The van der Waals surface area contributed by atoms with Crippen LogP contribution in [-0.2, 0) is 12.3 Å². The van der Waals surface area contributed by atoms with Gasteiger partial charge in [-0.05, 0) is 45.8 Å². The van der Waals surface area contributed by atoms with Gasteiger partial charge in [-0.25, -0.2) is 0 Å². The zero-order valence-electron chi connectivity index (χ0n) is 13.7. The van der Waals surface area contributed by atoms with Crippen LogP contribution in [0.2, 0.25) is 0 Å². The predicted molar refractivity (Wildman–Crippen MR) is 110 cm³/mol. The lowest BCUT2D eigenvalue weighted by Gasteiger charge is -2.10. The molecule has 0 spiro atoms. The van der Waals surface area contributed by atoms with Crippen molar-refractivity contribution in [1.82, 2.24) is 19.7 Å². The second kappa shape index (κ2) is 8.16. The first-order valence-electron chi connectivity index (χ1n) is 8.04. The Bertz CT molecular complexity index is 983. The summed E-state index contributed by atoms with van der Waals surface area (Å²) in [5.74, 6) is 1.72. The molecule has 26 heavy (non-hydrogen) atoms. The minimum absolute atomic E-state index is 0.731. The molecule has 7 heteroatoms. The Morgan fingerprint density at radius 2 is 1.88 bits per heavy atom. The van der Waals surface area contributed by atoms with Gasteiger partial charge in [0, 0.05) is 28.6 Å². The molecule has 4 nitrogen and oxygen atoms in total. The van der Waals surface area contributed by atoms with E-state index in [1.165, 1.54) is 10.4 Å². The highest BCUT2D eigenvalue weighted by atomic mass is 79.9. The highest BCUT2D eigenvalue weighted by molar-refractivity contribution is 9.11. The van der Waals surface area contributed by atoms with E-state index in [2.05, 4.69) is 72.1 Å². The van der Waals surface area contributed by atoms with Gasteiger partial charge in [-0.15, -0.1) is 21.5 Å². The van der Waals surface area contributed by atoms with Gasteiger partial charge >= 0.3 is 0 Å². The molecule has 3 heterocycles. The van der Waals surface area contributed by atoms with Gasteiger partial charge in [0.05, 0.1) is 10.3 Å². The van der Waals surface area contributed by atoms with Crippen LogP contribution >= 0.6 is 39.0 Å². The molecule has 1 aromatic carbocycles. The molecule has 3 aromatic heterocycles. The molecule has 0 N–H and O–H groups in total. The molecule has 4 rings (SSSR count). The molecule has 0 aliphatic heterocycles.